The van der Waals surface area contributed by atoms with Crippen molar-refractivity contribution in [1.29, 1.82) is 0 Å². The lowest BCUT2D eigenvalue weighted by molar-refractivity contribution is -0.148. The van der Waals surface area contributed by atoms with Crippen LogP contribution < -0.4 is 14.8 Å². The lowest BCUT2D eigenvalue weighted by Crippen LogP contribution is -2.29. The first-order valence-corrected chi connectivity index (χ1v) is 12.2. The van der Waals surface area contributed by atoms with E-state index < -0.39 is 18.0 Å². The second kappa shape index (κ2) is 11.2. The first kappa shape index (κ1) is 25.0. The van der Waals surface area contributed by atoms with Crippen molar-refractivity contribution in [3.05, 3.63) is 89.7 Å². The van der Waals surface area contributed by atoms with Crippen LogP contribution in [0.25, 0.3) is 23.0 Å². The minimum absolute atomic E-state index is 0.301. The number of carbonyl (C=O) groups is 2. The number of carbonyl (C=O) groups excluding carboxylic acids is 2. The summed E-state index contributed by atoms with van der Waals surface area (Å²) >= 11 is 5.81. The third-order valence-electron chi connectivity index (χ3n) is 5.62. The van der Waals surface area contributed by atoms with Crippen LogP contribution in [0.3, 0.4) is 0 Å². The number of ether oxygens (including phenoxy) is 3. The summed E-state index contributed by atoms with van der Waals surface area (Å²) in [5.74, 6) is 0.402. The van der Waals surface area contributed by atoms with Gasteiger partial charge < -0.3 is 19.5 Å². The second-order valence-corrected chi connectivity index (χ2v) is 8.77. The van der Waals surface area contributed by atoms with Gasteiger partial charge in [-0.1, -0.05) is 29.8 Å². The van der Waals surface area contributed by atoms with Crippen LogP contribution in [0.15, 0.2) is 79.1 Å². The zero-order chi connectivity index (χ0) is 26.5. The molecule has 38 heavy (non-hydrogen) atoms. The number of fused-ring (bicyclic) bond motifs is 1. The number of para-hydroxylation sites is 1. The number of anilines is 1. The summed E-state index contributed by atoms with van der Waals surface area (Å²) in [6.07, 6.45) is 5.04. The molecule has 10 heteroatoms. The molecule has 192 valence electrons. The molecule has 5 rings (SSSR count). The second-order valence-electron chi connectivity index (χ2n) is 8.33. The number of amides is 1. The van der Waals surface area contributed by atoms with Gasteiger partial charge in [0.1, 0.15) is 24.7 Å². The van der Waals surface area contributed by atoms with Crippen molar-refractivity contribution in [2.75, 3.05) is 18.5 Å². The standard InChI is InChI=1S/C28H23ClN4O5/c1-18(28(35)31-25-11-9-21(29)16-30-25)38-26(34)12-8-20-17-33(22-5-3-2-4-6-22)32-27(20)19-7-10-23-24(15-19)37-14-13-36-23/h2-12,15-18H,13-14H2,1H3,(H,30,31,35)/b12-8+/t18-/m1/s1. The monoisotopic (exact) mass is 530 g/mol. The van der Waals surface area contributed by atoms with E-state index in [4.69, 9.17) is 30.9 Å². The minimum Gasteiger partial charge on any atom is -0.486 e. The molecule has 0 radical (unpaired) electrons. The van der Waals surface area contributed by atoms with Crippen LogP contribution in [0.5, 0.6) is 11.5 Å². The van der Waals surface area contributed by atoms with Crippen LogP contribution in [0.4, 0.5) is 5.82 Å². The first-order valence-electron chi connectivity index (χ1n) is 11.8. The molecule has 1 amide bonds. The fourth-order valence-electron chi connectivity index (χ4n) is 3.74. The first-order chi connectivity index (χ1) is 18.5. The SMILES string of the molecule is C[C@@H](OC(=O)/C=C/c1cn(-c2ccccc2)nc1-c1ccc2c(c1)OCCO2)C(=O)Nc1ccc(Cl)cn1. The molecular weight excluding hydrogens is 508 g/mol. The Kier molecular flexibility index (Phi) is 7.37. The smallest absolute Gasteiger partial charge is 0.331 e. The largest absolute Gasteiger partial charge is 0.486 e. The van der Waals surface area contributed by atoms with Crippen LogP contribution in [-0.2, 0) is 14.3 Å². The summed E-state index contributed by atoms with van der Waals surface area (Å²) in [5, 5.41) is 7.78. The van der Waals surface area contributed by atoms with Gasteiger partial charge in [-0.15, -0.1) is 0 Å². The lowest BCUT2D eigenvalue weighted by Gasteiger charge is -2.18. The molecule has 0 spiro atoms. The Balaban J connectivity index is 1.35. The molecule has 0 saturated carbocycles. The van der Waals surface area contributed by atoms with Gasteiger partial charge in [-0.2, -0.15) is 5.10 Å². The zero-order valence-electron chi connectivity index (χ0n) is 20.3. The van der Waals surface area contributed by atoms with Crippen molar-refractivity contribution >= 4 is 35.4 Å². The Morgan fingerprint density at radius 1 is 1.08 bits per heavy atom. The van der Waals surface area contributed by atoms with E-state index in [1.54, 1.807) is 22.9 Å². The van der Waals surface area contributed by atoms with Crippen molar-refractivity contribution < 1.29 is 23.8 Å². The van der Waals surface area contributed by atoms with Crippen LogP contribution in [0.1, 0.15) is 12.5 Å². The molecule has 9 nitrogen and oxygen atoms in total. The van der Waals surface area contributed by atoms with Crippen molar-refractivity contribution in [1.82, 2.24) is 14.8 Å². The predicted octanol–water partition coefficient (Wildman–Crippen LogP) is 4.94. The number of rotatable bonds is 7. The van der Waals surface area contributed by atoms with Gasteiger partial charge in [-0.25, -0.2) is 14.5 Å². The van der Waals surface area contributed by atoms with Crippen LogP contribution >= 0.6 is 11.6 Å². The predicted molar refractivity (Wildman–Crippen MR) is 142 cm³/mol. The average Bonchev–Trinajstić information content (AvgIpc) is 3.37. The van der Waals surface area contributed by atoms with Crippen LogP contribution in [-0.4, -0.2) is 46.0 Å². The highest BCUT2D eigenvalue weighted by Gasteiger charge is 2.19. The number of nitrogens with one attached hydrogen (secondary N) is 1. The average molecular weight is 531 g/mol. The molecule has 0 aliphatic carbocycles. The number of pyridine rings is 1. The molecule has 1 aliphatic heterocycles. The molecule has 1 atom stereocenters. The summed E-state index contributed by atoms with van der Waals surface area (Å²) in [4.78, 5) is 29.0. The van der Waals surface area contributed by atoms with Crippen molar-refractivity contribution in [2.24, 2.45) is 0 Å². The van der Waals surface area contributed by atoms with E-state index in [1.807, 2.05) is 54.7 Å². The highest BCUT2D eigenvalue weighted by molar-refractivity contribution is 6.30. The number of hydrogen-bond donors (Lipinski definition) is 1. The van der Waals surface area contributed by atoms with E-state index >= 15 is 0 Å². The molecule has 1 aliphatic rings. The van der Waals surface area contributed by atoms with Gasteiger partial charge in [0.2, 0.25) is 0 Å². The molecule has 0 bridgehead atoms. The van der Waals surface area contributed by atoms with Gasteiger partial charge in [0.25, 0.3) is 5.91 Å². The quantitative estimate of drug-likeness (QED) is 0.266. The highest BCUT2D eigenvalue weighted by atomic mass is 35.5. The third-order valence-corrected chi connectivity index (χ3v) is 5.84. The van der Waals surface area contributed by atoms with E-state index in [0.29, 0.717) is 46.8 Å². The van der Waals surface area contributed by atoms with Gasteiger partial charge >= 0.3 is 5.97 Å². The molecule has 1 N–H and O–H groups in total. The number of hydrogen-bond acceptors (Lipinski definition) is 7. The molecule has 0 fully saturated rings. The molecule has 2 aromatic carbocycles. The van der Waals surface area contributed by atoms with E-state index in [1.165, 1.54) is 19.2 Å². The van der Waals surface area contributed by atoms with E-state index in [2.05, 4.69) is 10.3 Å². The summed E-state index contributed by atoms with van der Waals surface area (Å²) in [7, 11) is 0. The number of aromatic nitrogens is 3. The number of halogens is 1. The normalized spacial score (nSPS) is 13.2. The van der Waals surface area contributed by atoms with Gasteiger partial charge in [0.05, 0.1) is 10.7 Å². The third kappa shape index (κ3) is 5.84. The van der Waals surface area contributed by atoms with Gasteiger partial charge in [0, 0.05) is 29.6 Å². The zero-order valence-corrected chi connectivity index (χ0v) is 21.1. The van der Waals surface area contributed by atoms with E-state index in [9.17, 15) is 9.59 Å². The van der Waals surface area contributed by atoms with Crippen LogP contribution in [0, 0.1) is 0 Å². The lowest BCUT2D eigenvalue weighted by atomic mass is 10.1. The molecular formula is C28H23ClN4O5. The Bertz CT molecular complexity index is 1490. The van der Waals surface area contributed by atoms with Gasteiger partial charge in [0.15, 0.2) is 17.6 Å². The van der Waals surface area contributed by atoms with E-state index in [0.717, 1.165) is 11.3 Å². The summed E-state index contributed by atoms with van der Waals surface area (Å²) in [5.41, 5.74) is 2.95. The maximum atomic E-state index is 12.6. The fraction of sp³-hybridized carbons (Fsp3) is 0.143. The number of benzene rings is 2. The summed E-state index contributed by atoms with van der Waals surface area (Å²) < 4.78 is 18.4. The Morgan fingerprint density at radius 2 is 1.87 bits per heavy atom. The Hall–Kier alpha value is -4.63. The van der Waals surface area contributed by atoms with Crippen molar-refractivity contribution in [2.45, 2.75) is 13.0 Å². The van der Waals surface area contributed by atoms with Crippen molar-refractivity contribution in [3.63, 3.8) is 0 Å². The summed E-state index contributed by atoms with van der Waals surface area (Å²) in [6.45, 7) is 2.44. The molecule has 0 saturated heterocycles. The fourth-order valence-corrected chi connectivity index (χ4v) is 3.85. The summed E-state index contributed by atoms with van der Waals surface area (Å²) in [6, 6.07) is 18.3. The molecule has 4 aromatic rings. The van der Waals surface area contributed by atoms with Crippen LogP contribution in [0.2, 0.25) is 5.02 Å². The van der Waals surface area contributed by atoms with E-state index in [-0.39, 0.29) is 0 Å². The number of nitrogens with zero attached hydrogens (tertiary/aromatic N) is 3. The maximum absolute atomic E-state index is 12.6. The number of esters is 1. The van der Waals surface area contributed by atoms with Gasteiger partial charge in [-0.05, 0) is 55.5 Å². The molecule has 0 unspecified atom stereocenters. The Morgan fingerprint density at radius 3 is 2.63 bits per heavy atom. The molecule has 2 aromatic heterocycles. The molecule has 3 heterocycles. The van der Waals surface area contributed by atoms with Crippen molar-refractivity contribution in [3.8, 4) is 28.4 Å². The minimum atomic E-state index is -1.05. The topological polar surface area (TPSA) is 105 Å². The maximum Gasteiger partial charge on any atom is 0.331 e. The Labute approximate surface area is 223 Å². The highest BCUT2D eigenvalue weighted by Crippen LogP contribution is 2.35. The van der Waals surface area contributed by atoms with Gasteiger partial charge in [-0.3, -0.25) is 4.79 Å².